The third-order valence-corrected chi connectivity index (χ3v) is 0.915. The Morgan fingerprint density at radius 3 is 2.12 bits per heavy atom. The first kappa shape index (κ1) is 7.59. The maximum Gasteiger partial charge on any atom is 0.159 e. The van der Waals surface area contributed by atoms with Crippen molar-refractivity contribution in [1.82, 2.24) is 0 Å². The Morgan fingerprint density at radius 2 is 2.12 bits per heavy atom. The lowest BCUT2D eigenvalue weighted by molar-refractivity contribution is -0.125. The summed E-state index contributed by atoms with van der Waals surface area (Å²) in [5.74, 6) is -0.278. The number of Topliss-reactive ketones (excluding diaryl/α,β-unsaturated/α-hetero) is 1. The molecule has 48 valence electrons. The summed E-state index contributed by atoms with van der Waals surface area (Å²) >= 11 is 0. The van der Waals surface area contributed by atoms with Crippen LogP contribution < -0.4 is 5.73 Å². The largest absolute Gasteiger partial charge is 0.384 e. The Labute approximate surface area is 48.5 Å². The van der Waals surface area contributed by atoms with Crippen molar-refractivity contribution in [2.75, 3.05) is 0 Å². The van der Waals surface area contributed by atoms with Gasteiger partial charge in [-0.1, -0.05) is 0 Å². The van der Waals surface area contributed by atoms with Gasteiger partial charge in [0.1, 0.15) is 6.10 Å². The Morgan fingerprint density at radius 1 is 1.75 bits per heavy atom. The molecule has 0 aromatic rings. The lowest BCUT2D eigenvalue weighted by atomic mass is 10.1. The van der Waals surface area contributed by atoms with Crippen molar-refractivity contribution < 1.29 is 9.90 Å². The number of carbonyl (C=O) groups is 1. The SMILES string of the molecule is CC(=O)C(O)C(C)N. The zero-order valence-electron chi connectivity index (χ0n) is 5.09. The number of ketones is 1. The van der Waals surface area contributed by atoms with Crippen LogP contribution in [-0.4, -0.2) is 23.0 Å². The van der Waals surface area contributed by atoms with Crippen LogP contribution in [0.5, 0.6) is 0 Å². The third kappa shape index (κ3) is 2.04. The molecule has 0 bridgehead atoms. The first-order valence-corrected chi connectivity index (χ1v) is 2.50. The van der Waals surface area contributed by atoms with Gasteiger partial charge in [0.2, 0.25) is 0 Å². The van der Waals surface area contributed by atoms with E-state index in [0.717, 1.165) is 0 Å². The average molecular weight is 117 g/mol. The molecule has 0 aromatic heterocycles. The van der Waals surface area contributed by atoms with Gasteiger partial charge in [-0.15, -0.1) is 0 Å². The molecule has 8 heavy (non-hydrogen) atoms. The van der Waals surface area contributed by atoms with Crippen molar-refractivity contribution in [3.63, 3.8) is 0 Å². The monoisotopic (exact) mass is 117 g/mol. The summed E-state index contributed by atoms with van der Waals surface area (Å²) in [6, 6.07) is -0.451. The second-order valence-electron chi connectivity index (χ2n) is 1.91. The fraction of sp³-hybridized carbons (Fsp3) is 0.800. The van der Waals surface area contributed by atoms with Crippen molar-refractivity contribution in [3.8, 4) is 0 Å². The lowest BCUT2D eigenvalue weighted by Crippen LogP contribution is -2.36. The van der Waals surface area contributed by atoms with Crippen molar-refractivity contribution in [2.45, 2.75) is 26.0 Å². The van der Waals surface area contributed by atoms with E-state index in [2.05, 4.69) is 0 Å². The van der Waals surface area contributed by atoms with Crippen LogP contribution in [0.2, 0.25) is 0 Å². The van der Waals surface area contributed by atoms with Gasteiger partial charge < -0.3 is 10.8 Å². The van der Waals surface area contributed by atoms with Gasteiger partial charge in [-0.2, -0.15) is 0 Å². The molecule has 0 radical (unpaired) electrons. The highest BCUT2D eigenvalue weighted by molar-refractivity contribution is 5.80. The molecule has 0 aliphatic rings. The van der Waals surface area contributed by atoms with Gasteiger partial charge in [-0.3, -0.25) is 4.79 Å². The Balaban J connectivity index is 3.64. The standard InChI is InChI=1S/C5H11NO2/c1-3(6)5(8)4(2)7/h3,5,8H,6H2,1-2H3. The number of aliphatic hydroxyl groups is 1. The molecule has 0 saturated heterocycles. The fourth-order valence-corrected chi connectivity index (χ4v) is 0.370. The minimum atomic E-state index is -0.991. The van der Waals surface area contributed by atoms with Gasteiger partial charge in [0, 0.05) is 6.04 Å². The number of rotatable bonds is 2. The molecule has 0 aliphatic heterocycles. The van der Waals surface area contributed by atoms with Crippen molar-refractivity contribution in [3.05, 3.63) is 0 Å². The maximum absolute atomic E-state index is 10.3. The van der Waals surface area contributed by atoms with Crippen LogP contribution in [-0.2, 0) is 4.79 Å². The van der Waals surface area contributed by atoms with Crippen LogP contribution in [0.15, 0.2) is 0 Å². The first-order valence-electron chi connectivity index (χ1n) is 2.50. The second-order valence-corrected chi connectivity index (χ2v) is 1.91. The molecule has 3 nitrogen and oxygen atoms in total. The van der Waals surface area contributed by atoms with Gasteiger partial charge in [-0.25, -0.2) is 0 Å². The highest BCUT2D eigenvalue weighted by Gasteiger charge is 2.13. The zero-order chi connectivity index (χ0) is 6.73. The minimum absolute atomic E-state index is 0.278. The molecular weight excluding hydrogens is 106 g/mol. The number of aliphatic hydroxyl groups excluding tert-OH is 1. The van der Waals surface area contributed by atoms with Crippen molar-refractivity contribution >= 4 is 5.78 Å². The highest BCUT2D eigenvalue weighted by atomic mass is 16.3. The molecule has 0 aromatic carbocycles. The van der Waals surface area contributed by atoms with E-state index in [9.17, 15) is 4.79 Å². The minimum Gasteiger partial charge on any atom is -0.384 e. The summed E-state index contributed by atoms with van der Waals surface area (Å²) in [6.45, 7) is 2.90. The van der Waals surface area contributed by atoms with E-state index in [1.807, 2.05) is 0 Å². The molecule has 0 fully saturated rings. The molecular formula is C5H11NO2. The smallest absolute Gasteiger partial charge is 0.159 e. The van der Waals surface area contributed by atoms with E-state index in [4.69, 9.17) is 10.8 Å². The molecule has 3 heteroatoms. The van der Waals surface area contributed by atoms with Crippen LogP contribution in [0.1, 0.15) is 13.8 Å². The zero-order valence-corrected chi connectivity index (χ0v) is 5.09. The number of carbonyl (C=O) groups excluding carboxylic acids is 1. The predicted octanol–water partition coefficient (Wildman–Crippen LogP) is -0.716. The third-order valence-electron chi connectivity index (χ3n) is 0.915. The van der Waals surface area contributed by atoms with Gasteiger partial charge in [0.15, 0.2) is 5.78 Å². The molecule has 0 saturated carbocycles. The van der Waals surface area contributed by atoms with Crippen LogP contribution in [0.25, 0.3) is 0 Å². The van der Waals surface area contributed by atoms with E-state index in [1.165, 1.54) is 6.92 Å². The predicted molar refractivity (Wildman–Crippen MR) is 30.3 cm³/mol. The lowest BCUT2D eigenvalue weighted by Gasteiger charge is -2.08. The van der Waals surface area contributed by atoms with Crippen LogP contribution in [0.4, 0.5) is 0 Å². The van der Waals surface area contributed by atoms with Crippen LogP contribution in [0.3, 0.4) is 0 Å². The normalized spacial score (nSPS) is 17.5. The van der Waals surface area contributed by atoms with Gasteiger partial charge in [-0.05, 0) is 13.8 Å². The maximum atomic E-state index is 10.3. The summed E-state index contributed by atoms with van der Waals surface area (Å²) in [4.78, 5) is 10.3. The number of nitrogens with two attached hydrogens (primary N) is 1. The molecule has 0 aliphatic carbocycles. The summed E-state index contributed by atoms with van der Waals surface area (Å²) in [7, 11) is 0. The molecule has 3 N–H and O–H groups in total. The second kappa shape index (κ2) is 2.79. The van der Waals surface area contributed by atoms with Crippen molar-refractivity contribution in [2.24, 2.45) is 5.73 Å². The molecule has 0 heterocycles. The Hall–Kier alpha value is -0.410. The van der Waals surface area contributed by atoms with E-state index < -0.39 is 12.1 Å². The molecule has 0 spiro atoms. The van der Waals surface area contributed by atoms with E-state index in [1.54, 1.807) is 6.92 Å². The van der Waals surface area contributed by atoms with Crippen molar-refractivity contribution in [1.29, 1.82) is 0 Å². The first-order chi connectivity index (χ1) is 3.55. The molecule has 2 atom stereocenters. The average Bonchev–Trinajstić information content (AvgIpc) is 1.64. The summed E-state index contributed by atoms with van der Waals surface area (Å²) in [5, 5.41) is 8.73. The Bertz CT molecular complexity index is 90.4. The quantitative estimate of drug-likeness (QED) is 0.502. The van der Waals surface area contributed by atoms with E-state index in [0.29, 0.717) is 0 Å². The topological polar surface area (TPSA) is 63.3 Å². The Kier molecular flexibility index (Phi) is 2.65. The summed E-state index contributed by atoms with van der Waals surface area (Å²) in [5.41, 5.74) is 5.17. The number of hydrogen-bond acceptors (Lipinski definition) is 3. The summed E-state index contributed by atoms with van der Waals surface area (Å²) < 4.78 is 0. The molecule has 2 unspecified atom stereocenters. The van der Waals surface area contributed by atoms with Crippen LogP contribution in [0, 0.1) is 0 Å². The molecule has 0 rings (SSSR count). The van der Waals surface area contributed by atoms with Crippen LogP contribution >= 0.6 is 0 Å². The fourth-order valence-electron chi connectivity index (χ4n) is 0.370. The van der Waals surface area contributed by atoms with Gasteiger partial charge in [0.05, 0.1) is 0 Å². The van der Waals surface area contributed by atoms with Gasteiger partial charge in [0.25, 0.3) is 0 Å². The van der Waals surface area contributed by atoms with E-state index >= 15 is 0 Å². The van der Waals surface area contributed by atoms with Gasteiger partial charge >= 0.3 is 0 Å². The van der Waals surface area contributed by atoms with E-state index in [-0.39, 0.29) is 5.78 Å². The number of hydrogen-bond donors (Lipinski definition) is 2. The highest BCUT2D eigenvalue weighted by Crippen LogP contribution is 1.88. The summed E-state index contributed by atoms with van der Waals surface area (Å²) in [6.07, 6.45) is -0.991. The molecule has 0 amide bonds.